The van der Waals surface area contributed by atoms with E-state index in [0.29, 0.717) is 5.82 Å². The molecule has 0 saturated carbocycles. The largest absolute Gasteiger partial charge is 0.264 e. The van der Waals surface area contributed by atoms with Crippen LogP contribution in [0, 0.1) is 0 Å². The minimum Gasteiger partial charge on any atom is -0.264 e. The number of benzene rings is 8. The second-order valence-electron chi connectivity index (χ2n) is 13.7. The smallest absolute Gasteiger partial charge is 0.160 e. The first-order valence-corrected chi connectivity index (χ1v) is 18.2. The molecule has 10 rings (SSSR count). The van der Waals surface area contributed by atoms with Gasteiger partial charge in [0, 0.05) is 34.6 Å². The van der Waals surface area contributed by atoms with E-state index in [0.717, 1.165) is 44.8 Å². The molecule has 0 amide bonds. The molecule has 0 radical (unpaired) electrons. The maximum Gasteiger partial charge on any atom is 0.160 e. The van der Waals surface area contributed by atoms with Crippen LogP contribution < -0.4 is 0 Å². The highest BCUT2D eigenvalue weighted by Crippen LogP contribution is 2.37. The molecule has 0 atom stereocenters. The highest BCUT2D eigenvalue weighted by Gasteiger charge is 2.15. The Hall–Kier alpha value is -7.23. The average molecular weight is 688 g/mol. The van der Waals surface area contributed by atoms with E-state index in [1.54, 1.807) is 6.20 Å². The van der Waals surface area contributed by atoms with Gasteiger partial charge in [0.1, 0.15) is 0 Å². The summed E-state index contributed by atoms with van der Waals surface area (Å²) in [4.78, 5) is 14.6. The Labute approximate surface area is 313 Å². The fourth-order valence-electron chi connectivity index (χ4n) is 7.64. The molecule has 54 heavy (non-hydrogen) atoms. The fraction of sp³-hybridized carbons (Fsp3) is 0. The molecule has 0 spiro atoms. The molecule has 3 nitrogen and oxygen atoms in total. The van der Waals surface area contributed by atoms with Crippen molar-refractivity contribution < 1.29 is 0 Å². The zero-order valence-corrected chi connectivity index (χ0v) is 29.4. The molecule has 0 N–H and O–H groups in total. The van der Waals surface area contributed by atoms with Crippen LogP contribution in [0.15, 0.2) is 200 Å². The van der Waals surface area contributed by atoms with Crippen LogP contribution in [0.3, 0.4) is 0 Å². The number of rotatable bonds is 6. The first-order valence-electron chi connectivity index (χ1n) is 18.2. The van der Waals surface area contributed by atoms with Crippen LogP contribution in [0.1, 0.15) is 0 Å². The third-order valence-corrected chi connectivity index (χ3v) is 10.4. The second kappa shape index (κ2) is 13.4. The van der Waals surface area contributed by atoms with Crippen LogP contribution in [-0.4, -0.2) is 15.0 Å². The van der Waals surface area contributed by atoms with E-state index < -0.39 is 0 Å². The molecule has 2 aromatic heterocycles. The number of hydrogen-bond acceptors (Lipinski definition) is 3. The van der Waals surface area contributed by atoms with Crippen molar-refractivity contribution in [1.82, 2.24) is 15.0 Å². The minimum atomic E-state index is 0.693. The van der Waals surface area contributed by atoms with Gasteiger partial charge in [-0.3, -0.25) is 4.98 Å². The van der Waals surface area contributed by atoms with Crippen LogP contribution in [0.2, 0.25) is 0 Å². The van der Waals surface area contributed by atoms with Gasteiger partial charge in [-0.2, -0.15) is 0 Å². The first kappa shape index (κ1) is 31.5. The summed E-state index contributed by atoms with van der Waals surface area (Å²) < 4.78 is 0. The molecule has 0 fully saturated rings. The molecule has 252 valence electrons. The van der Waals surface area contributed by atoms with Crippen molar-refractivity contribution in [2.24, 2.45) is 0 Å². The Morgan fingerprint density at radius 3 is 1.69 bits per heavy atom. The molecule has 10 aromatic rings. The minimum absolute atomic E-state index is 0.693. The van der Waals surface area contributed by atoms with Crippen LogP contribution in [0.25, 0.3) is 99.6 Å². The zero-order chi connectivity index (χ0) is 35.8. The van der Waals surface area contributed by atoms with Gasteiger partial charge < -0.3 is 0 Å². The van der Waals surface area contributed by atoms with Gasteiger partial charge in [0.25, 0.3) is 0 Å². The van der Waals surface area contributed by atoms with Crippen molar-refractivity contribution in [1.29, 1.82) is 0 Å². The Balaban J connectivity index is 0.992. The molecule has 0 saturated heterocycles. The van der Waals surface area contributed by atoms with Crippen LogP contribution >= 0.6 is 0 Å². The monoisotopic (exact) mass is 687 g/mol. The van der Waals surface area contributed by atoms with Crippen molar-refractivity contribution in [3.05, 3.63) is 200 Å². The topological polar surface area (TPSA) is 38.7 Å². The maximum atomic E-state index is 5.10. The maximum absolute atomic E-state index is 5.10. The summed E-state index contributed by atoms with van der Waals surface area (Å²) >= 11 is 0. The van der Waals surface area contributed by atoms with Crippen LogP contribution in [0.4, 0.5) is 0 Å². The number of nitrogens with zero attached hydrogens (tertiary/aromatic N) is 3. The Kier molecular flexibility index (Phi) is 7.81. The SMILES string of the molecule is c1ccc(-c2nc(-c3ccc(-c4ccc(-c5cccc6c5ccc5cc7ccccc7cc56)cc4)cc3)cc(-c3ccccc3-c3cccnc3)n2)cc1. The van der Waals surface area contributed by atoms with Crippen molar-refractivity contribution in [2.75, 3.05) is 0 Å². The normalized spacial score (nSPS) is 11.3. The van der Waals surface area contributed by atoms with Gasteiger partial charge in [-0.1, -0.05) is 164 Å². The van der Waals surface area contributed by atoms with Crippen LogP contribution in [-0.2, 0) is 0 Å². The molecule has 0 aliphatic carbocycles. The molecule has 3 heteroatoms. The van der Waals surface area contributed by atoms with E-state index in [-0.39, 0.29) is 0 Å². The molecule has 8 aromatic carbocycles. The van der Waals surface area contributed by atoms with Gasteiger partial charge in [-0.15, -0.1) is 0 Å². The highest BCUT2D eigenvalue weighted by molar-refractivity contribution is 6.15. The average Bonchev–Trinajstić information content (AvgIpc) is 3.26. The first-order chi connectivity index (χ1) is 26.7. The Morgan fingerprint density at radius 2 is 0.926 bits per heavy atom. The lowest BCUT2D eigenvalue weighted by Gasteiger charge is -2.13. The predicted octanol–water partition coefficient (Wildman–Crippen LogP) is 13.3. The lowest BCUT2D eigenvalue weighted by Crippen LogP contribution is -1.97. The summed E-state index contributed by atoms with van der Waals surface area (Å²) in [6, 6.07) is 66.7. The van der Waals surface area contributed by atoms with Crippen LogP contribution in [0.5, 0.6) is 0 Å². The summed E-state index contributed by atoms with van der Waals surface area (Å²) in [5.74, 6) is 0.693. The quantitative estimate of drug-likeness (QED) is 0.129. The fourth-order valence-corrected chi connectivity index (χ4v) is 7.64. The lowest BCUT2D eigenvalue weighted by atomic mass is 9.92. The Morgan fingerprint density at radius 1 is 0.296 bits per heavy atom. The van der Waals surface area contributed by atoms with E-state index >= 15 is 0 Å². The van der Waals surface area contributed by atoms with Gasteiger partial charge >= 0.3 is 0 Å². The van der Waals surface area contributed by atoms with Gasteiger partial charge in [-0.05, 0) is 84.4 Å². The Bertz CT molecular complexity index is 2950. The van der Waals surface area contributed by atoms with Gasteiger partial charge in [0.2, 0.25) is 0 Å². The van der Waals surface area contributed by atoms with Gasteiger partial charge in [-0.25, -0.2) is 9.97 Å². The zero-order valence-electron chi connectivity index (χ0n) is 29.4. The molecule has 0 bridgehead atoms. The number of pyridine rings is 1. The molecule has 0 aliphatic heterocycles. The van der Waals surface area contributed by atoms with Gasteiger partial charge in [0.05, 0.1) is 11.4 Å². The molecule has 0 unspecified atom stereocenters. The molecular formula is C51H33N3. The standard InChI is InChI=1S/C51H33N3/c1-2-10-38(11-3-1)51-53-49(32-50(54-51)47-16-7-6-15-44(47)42-14-9-29-52-33-42)37-25-21-35(22-26-37)34-19-23-36(24-20-34)43-17-8-18-45-46(43)28-27-41-30-39-12-4-5-13-40(39)31-48(41)45/h1-33H. The predicted molar refractivity (Wildman–Crippen MR) is 225 cm³/mol. The second-order valence-corrected chi connectivity index (χ2v) is 13.7. The lowest BCUT2D eigenvalue weighted by molar-refractivity contribution is 1.18. The van der Waals surface area contributed by atoms with E-state index in [1.807, 2.05) is 30.5 Å². The van der Waals surface area contributed by atoms with Gasteiger partial charge in [0.15, 0.2) is 5.82 Å². The molecule has 0 aliphatic rings. The van der Waals surface area contributed by atoms with Crippen molar-refractivity contribution in [2.45, 2.75) is 0 Å². The number of hydrogen-bond donors (Lipinski definition) is 0. The van der Waals surface area contributed by atoms with Crippen molar-refractivity contribution in [3.63, 3.8) is 0 Å². The summed E-state index contributed by atoms with van der Waals surface area (Å²) in [7, 11) is 0. The third kappa shape index (κ3) is 5.78. The van der Waals surface area contributed by atoms with E-state index in [2.05, 4.69) is 169 Å². The number of aromatic nitrogens is 3. The summed E-state index contributed by atoms with van der Waals surface area (Å²) in [5, 5.41) is 7.63. The third-order valence-electron chi connectivity index (χ3n) is 10.4. The van der Waals surface area contributed by atoms with Crippen molar-refractivity contribution in [3.8, 4) is 67.3 Å². The van der Waals surface area contributed by atoms with E-state index in [9.17, 15) is 0 Å². The highest BCUT2D eigenvalue weighted by atomic mass is 14.9. The summed E-state index contributed by atoms with van der Waals surface area (Å²) in [6.07, 6.45) is 3.70. The van der Waals surface area contributed by atoms with Crippen molar-refractivity contribution >= 4 is 32.3 Å². The molecular weight excluding hydrogens is 655 g/mol. The van der Waals surface area contributed by atoms with E-state index in [1.165, 1.54) is 49.0 Å². The summed E-state index contributed by atoms with van der Waals surface area (Å²) in [6.45, 7) is 0. The molecule has 2 heterocycles. The van der Waals surface area contributed by atoms with E-state index in [4.69, 9.17) is 9.97 Å². The summed E-state index contributed by atoms with van der Waals surface area (Å²) in [5.41, 5.74) is 11.7. The number of fused-ring (bicyclic) bond motifs is 4.